The molecular weight excluding hydrogens is 1050 g/mol. The highest BCUT2D eigenvalue weighted by molar-refractivity contribution is 7.13. The lowest BCUT2D eigenvalue weighted by molar-refractivity contribution is -0.145. The molecule has 3 aliphatic heterocycles. The summed E-state index contributed by atoms with van der Waals surface area (Å²) in [4.78, 5) is 117. The van der Waals surface area contributed by atoms with Crippen LogP contribution in [-0.2, 0) is 44.7 Å². The van der Waals surface area contributed by atoms with E-state index < -0.39 is 94.8 Å². The van der Waals surface area contributed by atoms with Gasteiger partial charge in [0.15, 0.2) is 11.6 Å². The summed E-state index contributed by atoms with van der Waals surface area (Å²) in [6.07, 6.45) is 1.30. The fourth-order valence-corrected chi connectivity index (χ4v) is 11.4. The van der Waals surface area contributed by atoms with Gasteiger partial charge in [0.1, 0.15) is 36.4 Å². The van der Waals surface area contributed by atoms with E-state index in [1.807, 2.05) is 58.9 Å². The fraction of sp³-hybridized carbons (Fsp3) is 0.603. The fourth-order valence-electron chi connectivity index (χ4n) is 10.6. The average Bonchev–Trinajstić information content (AvgIpc) is 4.12. The van der Waals surface area contributed by atoms with Crippen LogP contribution in [-0.4, -0.2) is 146 Å². The molecular formula is C58H82FN9O11S. The first-order valence-electron chi connectivity index (χ1n) is 27.8. The Kier molecular flexibility index (Phi) is 21.2. The Labute approximate surface area is 472 Å². The van der Waals surface area contributed by atoms with Crippen LogP contribution in [0.5, 0.6) is 5.75 Å². The van der Waals surface area contributed by atoms with Crippen LogP contribution in [0.4, 0.5) is 9.18 Å². The van der Waals surface area contributed by atoms with Crippen LogP contribution in [0.3, 0.4) is 0 Å². The van der Waals surface area contributed by atoms with E-state index in [1.165, 1.54) is 27.7 Å². The number of halogens is 1. The number of primary amides is 1. The molecule has 0 saturated carbocycles. The van der Waals surface area contributed by atoms with Crippen molar-refractivity contribution in [2.75, 3.05) is 26.2 Å². The molecule has 0 radical (unpaired) electrons. The molecule has 22 heteroatoms. The zero-order chi connectivity index (χ0) is 58.8. The van der Waals surface area contributed by atoms with Crippen molar-refractivity contribution in [3.8, 4) is 16.2 Å². The summed E-state index contributed by atoms with van der Waals surface area (Å²) < 4.78 is 27.6. The van der Waals surface area contributed by atoms with Gasteiger partial charge >= 0.3 is 6.09 Å². The third-order valence-corrected chi connectivity index (χ3v) is 15.8. The molecule has 0 bridgehead atoms. The van der Waals surface area contributed by atoms with E-state index in [-0.39, 0.29) is 69.0 Å². The van der Waals surface area contributed by atoms with Gasteiger partial charge in [-0.25, -0.2) is 14.2 Å². The first kappa shape index (κ1) is 62.5. The number of unbranched alkanes of at least 4 members (excludes halogenated alkanes) is 2. The summed E-state index contributed by atoms with van der Waals surface area (Å²) in [5.41, 5.74) is 9.63. The lowest BCUT2D eigenvalue weighted by Gasteiger charge is -2.38. The molecule has 0 spiro atoms. The second kappa shape index (κ2) is 27.2. The van der Waals surface area contributed by atoms with E-state index in [0.29, 0.717) is 62.6 Å². The number of nitrogens with one attached hydrogen (secondary N) is 4. The molecule has 3 aliphatic rings. The number of hydrogen-bond donors (Lipinski definition) is 6. The summed E-state index contributed by atoms with van der Waals surface area (Å²) in [5, 5.41) is 22.2. The van der Waals surface area contributed by atoms with Gasteiger partial charge in [0, 0.05) is 45.3 Å². The van der Waals surface area contributed by atoms with Gasteiger partial charge in [-0.15, -0.1) is 11.3 Å². The Hall–Kier alpha value is -6.68. The summed E-state index contributed by atoms with van der Waals surface area (Å²) in [6, 6.07) is 5.40. The lowest BCUT2D eigenvalue weighted by atomic mass is 9.85. The number of nitrogens with two attached hydrogens (primary N) is 1. The third kappa shape index (κ3) is 16.9. The van der Waals surface area contributed by atoms with Gasteiger partial charge in [0.2, 0.25) is 41.4 Å². The van der Waals surface area contributed by atoms with Crippen LogP contribution in [0.1, 0.15) is 148 Å². The first-order valence-corrected chi connectivity index (χ1v) is 28.6. The second-order valence-electron chi connectivity index (χ2n) is 23.6. The minimum absolute atomic E-state index is 0.0547. The van der Waals surface area contributed by atoms with Crippen molar-refractivity contribution < 1.29 is 57.3 Å². The van der Waals surface area contributed by atoms with Crippen LogP contribution >= 0.6 is 11.3 Å². The highest BCUT2D eigenvalue weighted by atomic mass is 32.1. The average molecular weight is 1130 g/mol. The molecule has 3 fully saturated rings. The zero-order valence-corrected chi connectivity index (χ0v) is 48.8. The summed E-state index contributed by atoms with van der Waals surface area (Å²) in [7, 11) is 0. The van der Waals surface area contributed by atoms with E-state index in [4.69, 9.17) is 15.2 Å². The number of benzene rings is 2. The molecule has 4 heterocycles. The van der Waals surface area contributed by atoms with Gasteiger partial charge < -0.3 is 56.3 Å². The minimum Gasteiger partial charge on any atom is -0.488 e. The number of nitrogens with zero attached hydrogens (tertiary/aromatic N) is 4. The third-order valence-electron chi connectivity index (χ3n) is 14.8. The molecule has 438 valence electrons. The van der Waals surface area contributed by atoms with Gasteiger partial charge in [-0.2, -0.15) is 0 Å². The Bertz CT molecular complexity index is 2730. The molecule has 8 atom stereocenters. The Morgan fingerprint density at radius 2 is 1.60 bits per heavy atom. The van der Waals surface area contributed by atoms with E-state index in [1.54, 1.807) is 50.6 Å². The molecule has 7 N–H and O–H groups in total. The Morgan fingerprint density at radius 1 is 0.900 bits per heavy atom. The monoisotopic (exact) mass is 1130 g/mol. The molecule has 2 aromatic carbocycles. The molecule has 1 aromatic heterocycles. The number of aryl methyl sites for hydroxylation is 3. The number of aliphatic hydroxyl groups excluding tert-OH is 1. The smallest absolute Gasteiger partial charge is 0.408 e. The molecule has 6 rings (SSSR count). The summed E-state index contributed by atoms with van der Waals surface area (Å²) in [5.74, 6) is -3.84. The van der Waals surface area contributed by atoms with Crippen LogP contribution in [0, 0.1) is 25.1 Å². The lowest BCUT2D eigenvalue weighted by Crippen LogP contribution is -2.61. The topological polar surface area (TPSA) is 272 Å². The highest BCUT2D eigenvalue weighted by Crippen LogP contribution is 2.33. The van der Waals surface area contributed by atoms with Gasteiger partial charge in [-0.05, 0) is 120 Å². The molecule has 0 aliphatic carbocycles. The molecule has 8 amide bonds. The van der Waals surface area contributed by atoms with Gasteiger partial charge in [-0.1, -0.05) is 57.5 Å². The van der Waals surface area contributed by atoms with Crippen molar-refractivity contribution >= 4 is 58.8 Å². The number of aliphatic hydroxyl groups is 1. The second-order valence-corrected chi connectivity index (χ2v) is 24.5. The minimum atomic E-state index is -1.19. The number of carbonyl (C=O) groups is 8. The van der Waals surface area contributed by atoms with Crippen LogP contribution in [0.15, 0.2) is 41.9 Å². The maximum absolute atomic E-state index is 16.2. The van der Waals surface area contributed by atoms with Crippen molar-refractivity contribution in [1.82, 2.24) is 41.0 Å². The molecule has 3 unspecified atom stereocenters. The van der Waals surface area contributed by atoms with E-state index in [2.05, 4.69) is 26.3 Å². The molecule has 80 heavy (non-hydrogen) atoms. The van der Waals surface area contributed by atoms with Crippen LogP contribution in [0.2, 0.25) is 0 Å². The Balaban J connectivity index is 1.01. The zero-order valence-electron chi connectivity index (χ0n) is 47.9. The van der Waals surface area contributed by atoms with E-state index in [0.717, 1.165) is 21.7 Å². The maximum atomic E-state index is 16.2. The first-order chi connectivity index (χ1) is 37.6. The molecule has 3 aromatic rings. The number of hydrogen-bond acceptors (Lipinski definition) is 13. The van der Waals surface area contributed by atoms with E-state index >= 15 is 4.39 Å². The van der Waals surface area contributed by atoms with Crippen molar-refractivity contribution in [2.24, 2.45) is 11.1 Å². The summed E-state index contributed by atoms with van der Waals surface area (Å²) >= 11 is 1.55. The number of alkyl carbamates (subject to hydrolysis) is 1. The van der Waals surface area contributed by atoms with Crippen molar-refractivity contribution in [1.29, 1.82) is 0 Å². The molecule has 20 nitrogen and oxygen atoms in total. The van der Waals surface area contributed by atoms with Crippen LogP contribution in [0.25, 0.3) is 10.4 Å². The number of likely N-dealkylation sites (tertiary alicyclic amines) is 1. The number of carbonyl (C=O) groups excluding carboxylic acids is 8. The SMILES string of the molecule is CC(=O)N1CC[C@H]2CC[C@@H](C(=O)NC(CCC(N)=O)COc3cc(C)cc(CCCCCC(=O)NC(C(=O)N4C[C@H](O)C[C@H]4C(=O)NC(C)c4ccc(-c5scnc5C)cc4)C(C)(C)C)c3F)N2C(=O)[C@@H](NC(=O)OC(C)(C)C)C1. The number of β-amino-alcohol motifs (C(OH)–C–C–N with tert-alkyl or cyclic N) is 1. The van der Waals surface area contributed by atoms with Gasteiger partial charge in [0.05, 0.1) is 40.8 Å². The quantitative estimate of drug-likeness (QED) is 0.0705. The largest absolute Gasteiger partial charge is 0.488 e. The standard InChI is InChI=1S/C58H82FN9O11S/c1-33-26-39(14-12-11-13-15-48(72)65-51(57(5,6)7)55(76)67-29-42(70)28-45(67)53(74)62-34(2)37-16-18-38(19-17-37)50-35(3)61-32-80-50)49(59)46(27-33)78-31-40(20-23-47(60)71)63-52(73)44-22-21-41-24-25-66(36(4)69)30-43(54(75)68(41)44)64-56(77)79-58(8,9)10/h16-19,26-27,32,34,40-45,51,70H,11-15,20-25,28-31H2,1-10H3,(H2,60,71)(H,62,74)(H,63,73)(H,64,77)(H,65,72)/t34?,40?,41-,42-,43+,44+,45+,51?/m1/s1. The van der Waals surface area contributed by atoms with Crippen molar-refractivity contribution in [3.05, 3.63) is 70.1 Å². The predicted octanol–water partition coefficient (Wildman–Crippen LogP) is 5.67. The number of ether oxygens (including phenoxy) is 2. The van der Waals surface area contributed by atoms with Crippen LogP contribution < -0.4 is 31.7 Å². The van der Waals surface area contributed by atoms with Crippen molar-refractivity contribution in [2.45, 2.75) is 194 Å². The number of amides is 8. The number of thiazole rings is 1. The maximum Gasteiger partial charge on any atom is 0.408 e. The number of aromatic nitrogens is 1. The van der Waals surface area contributed by atoms with Gasteiger partial charge in [0.25, 0.3) is 0 Å². The van der Waals surface area contributed by atoms with Gasteiger partial charge in [-0.3, -0.25) is 33.6 Å². The normalized spacial score (nSPS) is 20.6. The Morgan fingerprint density at radius 3 is 2.24 bits per heavy atom. The number of rotatable bonds is 21. The van der Waals surface area contributed by atoms with E-state index in [9.17, 15) is 43.5 Å². The molecule has 3 saturated heterocycles. The summed E-state index contributed by atoms with van der Waals surface area (Å²) in [6.45, 7) is 17.4. The predicted molar refractivity (Wildman–Crippen MR) is 299 cm³/mol. The number of fused-ring (bicyclic) bond motifs is 1. The highest BCUT2D eigenvalue weighted by Gasteiger charge is 2.47. The van der Waals surface area contributed by atoms with Crippen molar-refractivity contribution in [3.63, 3.8) is 0 Å².